The molecule has 0 spiro atoms. The Morgan fingerprint density at radius 1 is 1.28 bits per heavy atom. The van der Waals surface area contributed by atoms with Crippen molar-refractivity contribution in [3.05, 3.63) is 47.5 Å². The highest BCUT2D eigenvalue weighted by molar-refractivity contribution is 5.78. The van der Waals surface area contributed by atoms with Crippen LogP contribution in [-0.2, 0) is 4.79 Å². The van der Waals surface area contributed by atoms with Gasteiger partial charge >= 0.3 is 0 Å². The van der Waals surface area contributed by atoms with Crippen molar-refractivity contribution in [1.29, 1.82) is 0 Å². The molecule has 0 radical (unpaired) electrons. The first-order valence-electron chi connectivity index (χ1n) is 9.15. The van der Waals surface area contributed by atoms with Gasteiger partial charge in [0.2, 0.25) is 5.91 Å². The predicted molar refractivity (Wildman–Crippen MR) is 100 cm³/mol. The number of aromatic nitrogens is 2. The lowest BCUT2D eigenvalue weighted by Crippen LogP contribution is -2.41. The highest BCUT2D eigenvalue weighted by atomic mass is 16.2. The van der Waals surface area contributed by atoms with Gasteiger partial charge < -0.3 is 4.90 Å². The van der Waals surface area contributed by atoms with Crippen molar-refractivity contribution in [2.75, 3.05) is 13.1 Å². The summed E-state index contributed by atoms with van der Waals surface area (Å²) in [4.78, 5) is 23.7. The molecule has 1 aromatic carbocycles. The number of carbonyl (C=O) groups is 1. The smallest absolute Gasteiger partial charge is 0.225 e. The van der Waals surface area contributed by atoms with Crippen LogP contribution in [0.4, 0.5) is 0 Å². The number of likely N-dealkylation sites (tertiary alicyclic amines) is 1. The Morgan fingerprint density at radius 2 is 2.08 bits per heavy atom. The van der Waals surface area contributed by atoms with E-state index in [1.165, 1.54) is 5.56 Å². The highest BCUT2D eigenvalue weighted by Gasteiger charge is 2.28. The lowest BCUT2D eigenvalue weighted by Gasteiger charge is -2.34. The number of carbonyl (C=O) groups excluding carboxylic acids is 1. The molecule has 0 saturated carbocycles. The summed E-state index contributed by atoms with van der Waals surface area (Å²) in [5.41, 5.74) is 4.56. The van der Waals surface area contributed by atoms with Crippen molar-refractivity contribution in [2.45, 2.75) is 46.5 Å². The fraction of sp³-hybridized carbons (Fsp3) is 0.476. The minimum absolute atomic E-state index is 0.0436. The van der Waals surface area contributed by atoms with Crippen molar-refractivity contribution < 1.29 is 4.79 Å². The first kappa shape index (κ1) is 17.6. The molecule has 2 aromatic rings. The third-order valence-electron chi connectivity index (χ3n) is 4.88. The number of benzene rings is 1. The van der Waals surface area contributed by atoms with Gasteiger partial charge in [-0.2, -0.15) is 0 Å². The zero-order valence-electron chi connectivity index (χ0n) is 15.6. The molecular formula is C21H27N3O. The van der Waals surface area contributed by atoms with Crippen molar-refractivity contribution >= 4 is 5.91 Å². The number of rotatable bonds is 3. The summed E-state index contributed by atoms with van der Waals surface area (Å²) in [6.45, 7) is 9.59. The first-order valence-corrected chi connectivity index (χ1v) is 9.15. The number of hydrogen-bond acceptors (Lipinski definition) is 3. The second kappa shape index (κ2) is 7.34. The molecule has 132 valence electrons. The molecule has 0 aliphatic carbocycles. The number of nitrogens with zero attached hydrogens (tertiary/aromatic N) is 3. The maximum atomic E-state index is 12.4. The molecule has 1 aliphatic rings. The topological polar surface area (TPSA) is 46.1 Å². The Kier molecular flexibility index (Phi) is 5.16. The van der Waals surface area contributed by atoms with Crippen LogP contribution < -0.4 is 0 Å². The van der Waals surface area contributed by atoms with Crippen molar-refractivity contribution in [1.82, 2.24) is 14.9 Å². The molecule has 0 bridgehead atoms. The summed E-state index contributed by atoms with van der Waals surface area (Å²) in [6.07, 6.45) is 4.03. The molecule has 4 nitrogen and oxygen atoms in total. The van der Waals surface area contributed by atoms with Crippen LogP contribution in [0.15, 0.2) is 30.5 Å². The summed E-state index contributed by atoms with van der Waals surface area (Å²) >= 11 is 0. The summed E-state index contributed by atoms with van der Waals surface area (Å²) in [7, 11) is 0. The third kappa shape index (κ3) is 3.89. The minimum Gasteiger partial charge on any atom is -0.342 e. The first-order chi connectivity index (χ1) is 12.0. The highest BCUT2D eigenvalue weighted by Crippen LogP contribution is 2.33. The molecule has 0 unspecified atom stereocenters. The molecule has 1 atom stereocenters. The Morgan fingerprint density at radius 3 is 2.80 bits per heavy atom. The van der Waals surface area contributed by atoms with Crippen LogP contribution in [0.1, 0.15) is 49.7 Å². The van der Waals surface area contributed by atoms with E-state index in [1.54, 1.807) is 0 Å². The molecule has 1 saturated heterocycles. The van der Waals surface area contributed by atoms with Gasteiger partial charge in [-0.3, -0.25) is 4.79 Å². The molecule has 1 fully saturated rings. The third-order valence-corrected chi connectivity index (χ3v) is 4.88. The maximum Gasteiger partial charge on any atom is 0.225 e. The lowest BCUT2D eigenvalue weighted by molar-refractivity contribution is -0.135. The fourth-order valence-electron chi connectivity index (χ4n) is 3.60. The summed E-state index contributed by atoms with van der Waals surface area (Å²) in [5.74, 6) is 1.35. The van der Waals surface area contributed by atoms with Gasteiger partial charge in [-0.15, -0.1) is 0 Å². The molecule has 4 heteroatoms. The predicted octanol–water partition coefficient (Wildman–Crippen LogP) is 4.12. The number of piperidine rings is 1. The van der Waals surface area contributed by atoms with Gasteiger partial charge in [-0.05, 0) is 32.3 Å². The molecule has 25 heavy (non-hydrogen) atoms. The van der Waals surface area contributed by atoms with Gasteiger partial charge in [0.15, 0.2) is 0 Å². The maximum absolute atomic E-state index is 12.4. The van der Waals surface area contributed by atoms with Crippen LogP contribution in [0.25, 0.3) is 11.1 Å². The van der Waals surface area contributed by atoms with E-state index in [0.717, 1.165) is 48.6 Å². The van der Waals surface area contributed by atoms with E-state index < -0.39 is 0 Å². The van der Waals surface area contributed by atoms with Crippen LogP contribution in [0.5, 0.6) is 0 Å². The average molecular weight is 337 g/mol. The molecule has 1 aromatic heterocycles. The van der Waals surface area contributed by atoms with E-state index >= 15 is 0 Å². The molecule has 3 rings (SSSR count). The Bertz CT molecular complexity index is 769. The summed E-state index contributed by atoms with van der Waals surface area (Å²) < 4.78 is 0. The SMILES string of the molecule is Cc1cccc(-c2cnc(C)nc2[C@@H]2CCCN(C(=O)C(C)C)C2)c1. The second-order valence-corrected chi connectivity index (χ2v) is 7.36. The zero-order valence-corrected chi connectivity index (χ0v) is 15.6. The molecule has 2 heterocycles. The van der Waals surface area contributed by atoms with Gasteiger partial charge in [0, 0.05) is 36.7 Å². The fourth-order valence-corrected chi connectivity index (χ4v) is 3.60. The second-order valence-electron chi connectivity index (χ2n) is 7.36. The quantitative estimate of drug-likeness (QED) is 0.846. The van der Waals surface area contributed by atoms with Gasteiger partial charge in [0.05, 0.1) is 5.69 Å². The largest absolute Gasteiger partial charge is 0.342 e. The summed E-state index contributed by atoms with van der Waals surface area (Å²) in [5, 5.41) is 0. The van der Waals surface area contributed by atoms with Gasteiger partial charge in [0.25, 0.3) is 0 Å². The number of aryl methyl sites for hydroxylation is 2. The van der Waals surface area contributed by atoms with Crippen LogP contribution in [-0.4, -0.2) is 33.9 Å². The van der Waals surface area contributed by atoms with E-state index in [9.17, 15) is 4.79 Å². The van der Waals surface area contributed by atoms with Crippen LogP contribution in [0, 0.1) is 19.8 Å². The van der Waals surface area contributed by atoms with Crippen LogP contribution in [0.2, 0.25) is 0 Å². The van der Waals surface area contributed by atoms with Crippen molar-refractivity contribution in [2.24, 2.45) is 5.92 Å². The average Bonchev–Trinajstić information content (AvgIpc) is 2.61. The summed E-state index contributed by atoms with van der Waals surface area (Å²) in [6, 6.07) is 8.47. The standard InChI is InChI=1S/C21H27N3O/c1-14(2)21(25)24-10-6-9-18(13-24)20-19(12-22-16(4)23-20)17-8-5-7-15(3)11-17/h5,7-8,11-12,14,18H,6,9-10,13H2,1-4H3/t18-/m1/s1. The Balaban J connectivity index is 1.96. The lowest BCUT2D eigenvalue weighted by atomic mass is 9.89. The Hall–Kier alpha value is -2.23. The normalized spacial score (nSPS) is 17.8. The minimum atomic E-state index is 0.0436. The van der Waals surface area contributed by atoms with Crippen LogP contribution in [0.3, 0.4) is 0 Å². The van der Waals surface area contributed by atoms with E-state index in [2.05, 4.69) is 36.2 Å². The van der Waals surface area contributed by atoms with Crippen molar-refractivity contribution in [3.8, 4) is 11.1 Å². The van der Waals surface area contributed by atoms with E-state index in [0.29, 0.717) is 0 Å². The Labute approximate surface area is 150 Å². The molecule has 0 N–H and O–H groups in total. The van der Waals surface area contributed by atoms with Crippen molar-refractivity contribution in [3.63, 3.8) is 0 Å². The molecular weight excluding hydrogens is 310 g/mol. The number of hydrogen-bond donors (Lipinski definition) is 0. The van der Waals surface area contributed by atoms with Gasteiger partial charge in [-0.1, -0.05) is 43.7 Å². The van der Waals surface area contributed by atoms with E-state index in [1.807, 2.05) is 31.9 Å². The zero-order chi connectivity index (χ0) is 18.0. The molecule has 1 amide bonds. The monoisotopic (exact) mass is 337 g/mol. The van der Waals surface area contributed by atoms with E-state index in [4.69, 9.17) is 4.98 Å². The molecule has 1 aliphatic heterocycles. The van der Waals surface area contributed by atoms with E-state index in [-0.39, 0.29) is 17.7 Å². The van der Waals surface area contributed by atoms with Crippen LogP contribution >= 0.6 is 0 Å². The number of amides is 1. The van der Waals surface area contributed by atoms with Gasteiger partial charge in [-0.25, -0.2) is 9.97 Å². The van der Waals surface area contributed by atoms with Gasteiger partial charge in [0.1, 0.15) is 5.82 Å².